The quantitative estimate of drug-likeness (QED) is 0.594. The third kappa shape index (κ3) is 3.53. The van der Waals surface area contributed by atoms with E-state index < -0.39 is 6.34 Å². The molecule has 1 atom stereocenters. The Morgan fingerprint density at radius 1 is 0.900 bits per heavy atom. The lowest BCUT2D eigenvalue weighted by Gasteiger charge is -2.43. The number of anilines is 1. The number of hydrogen-bond donors (Lipinski definition) is 1. The molecular weight excluding hydrogens is 407 g/mol. The summed E-state index contributed by atoms with van der Waals surface area (Å²) in [6.07, 6.45) is 9.26. The Labute approximate surface area is 187 Å². The van der Waals surface area contributed by atoms with Crippen LogP contribution < -0.4 is 10.2 Å². The predicted molar refractivity (Wildman–Crippen MR) is 131 cm³/mol. The van der Waals surface area contributed by atoms with Gasteiger partial charge < -0.3 is 4.90 Å². The summed E-state index contributed by atoms with van der Waals surface area (Å²) < 4.78 is 5.06. The number of allylic oxidation sites excluding steroid dienone is 3. The normalized spacial score (nSPS) is 29.5. The molecule has 6 heteroatoms. The van der Waals surface area contributed by atoms with Crippen molar-refractivity contribution in [2.45, 2.75) is 58.8 Å². The molecule has 3 aliphatic heterocycles. The fraction of sp³-hybridized carbons (Fsp3) is 0.583. The maximum atomic E-state index is 6.78. The Bertz CT molecular complexity index is 895. The van der Waals surface area contributed by atoms with Crippen LogP contribution in [0.1, 0.15) is 58.8 Å². The summed E-state index contributed by atoms with van der Waals surface area (Å²) in [4.78, 5) is 2.69. The Morgan fingerprint density at radius 2 is 1.53 bits per heavy atom. The summed E-state index contributed by atoms with van der Waals surface area (Å²) in [5.74, 6) is 0. The molecule has 0 spiro atoms. The van der Waals surface area contributed by atoms with E-state index in [1.54, 1.807) is 0 Å². The van der Waals surface area contributed by atoms with Gasteiger partial charge in [-0.25, -0.2) is 4.78 Å². The van der Waals surface area contributed by atoms with E-state index in [0.29, 0.717) is 0 Å². The van der Waals surface area contributed by atoms with Crippen molar-refractivity contribution in [2.24, 2.45) is 5.41 Å². The zero-order chi connectivity index (χ0) is 20.8. The second-order valence-electron chi connectivity index (χ2n) is 9.88. The SMILES string of the molecule is CC1(C)C=C2NN(c3ccccc3)[P@@](=S)(N3CCCCC3)C2=C(N2CCCCC2)C1. The number of piperidine rings is 2. The van der Waals surface area contributed by atoms with Crippen molar-refractivity contribution >= 4 is 23.8 Å². The largest absolute Gasteiger partial charge is 0.374 e. The highest BCUT2D eigenvalue weighted by Crippen LogP contribution is 2.69. The van der Waals surface area contributed by atoms with Crippen LogP contribution in [-0.2, 0) is 11.8 Å². The summed E-state index contributed by atoms with van der Waals surface area (Å²) >= 11 is 6.78. The average molecular weight is 443 g/mol. The van der Waals surface area contributed by atoms with Crippen LogP contribution in [0.2, 0.25) is 0 Å². The second-order valence-corrected chi connectivity index (χ2v) is 13.9. The lowest BCUT2D eigenvalue weighted by Crippen LogP contribution is -2.36. The van der Waals surface area contributed by atoms with Gasteiger partial charge in [-0.2, -0.15) is 0 Å². The molecule has 3 fully saturated rings. The summed E-state index contributed by atoms with van der Waals surface area (Å²) in [6, 6.07) is 10.8. The number of hydrazine groups is 1. The van der Waals surface area contributed by atoms with Gasteiger partial charge in [-0.1, -0.05) is 56.4 Å². The summed E-state index contributed by atoms with van der Waals surface area (Å²) in [6.45, 7) is 9.35. The van der Waals surface area contributed by atoms with Crippen LogP contribution >= 0.6 is 6.34 Å². The summed E-state index contributed by atoms with van der Waals surface area (Å²) in [5, 5.41) is 1.46. The second kappa shape index (κ2) is 8.00. The predicted octanol–water partition coefficient (Wildman–Crippen LogP) is 5.82. The molecule has 3 saturated heterocycles. The molecule has 0 radical (unpaired) electrons. The van der Waals surface area contributed by atoms with E-state index in [2.05, 4.69) is 70.0 Å². The lowest BCUT2D eigenvalue weighted by molar-refractivity contribution is 0.254. The first-order valence-electron chi connectivity index (χ1n) is 11.7. The topological polar surface area (TPSA) is 21.8 Å². The smallest absolute Gasteiger partial charge is 0.152 e. The van der Waals surface area contributed by atoms with E-state index in [4.69, 9.17) is 11.8 Å². The third-order valence-electron chi connectivity index (χ3n) is 6.93. The van der Waals surface area contributed by atoms with Crippen molar-refractivity contribution in [3.8, 4) is 0 Å². The maximum absolute atomic E-state index is 6.78. The highest BCUT2D eigenvalue weighted by Gasteiger charge is 2.49. The number of nitrogens with zero attached hydrogens (tertiary/aromatic N) is 3. The highest BCUT2D eigenvalue weighted by molar-refractivity contribution is 8.16. The molecule has 30 heavy (non-hydrogen) atoms. The van der Waals surface area contributed by atoms with Gasteiger partial charge in [0, 0.05) is 31.9 Å². The first-order chi connectivity index (χ1) is 14.5. The van der Waals surface area contributed by atoms with Gasteiger partial charge in [0.15, 0.2) is 6.34 Å². The zero-order valence-electron chi connectivity index (χ0n) is 18.4. The molecular formula is C24H35N4PS. The first kappa shape index (κ1) is 20.6. The van der Waals surface area contributed by atoms with Crippen molar-refractivity contribution in [3.63, 3.8) is 0 Å². The summed E-state index contributed by atoms with van der Waals surface area (Å²) in [7, 11) is 0. The summed E-state index contributed by atoms with van der Waals surface area (Å²) in [5.41, 5.74) is 8.00. The average Bonchev–Trinajstić information content (AvgIpc) is 3.07. The molecule has 1 aromatic carbocycles. The molecule has 162 valence electrons. The first-order valence-corrected chi connectivity index (χ1v) is 14.4. The number of hydrogen-bond acceptors (Lipinski definition) is 3. The van der Waals surface area contributed by atoms with Crippen LogP contribution in [0.15, 0.2) is 53.1 Å². The van der Waals surface area contributed by atoms with Gasteiger partial charge in [-0.05, 0) is 56.1 Å². The van der Waals surface area contributed by atoms with E-state index >= 15 is 0 Å². The molecule has 0 aromatic heterocycles. The van der Waals surface area contributed by atoms with Gasteiger partial charge in [-0.3, -0.25) is 10.1 Å². The van der Waals surface area contributed by atoms with Crippen LogP contribution in [0.3, 0.4) is 0 Å². The molecule has 4 nitrogen and oxygen atoms in total. The maximum Gasteiger partial charge on any atom is 0.152 e. The van der Waals surface area contributed by atoms with E-state index in [1.807, 2.05) is 0 Å². The van der Waals surface area contributed by atoms with Crippen molar-refractivity contribution in [3.05, 3.63) is 53.1 Å². The standard InChI is InChI=1S/C24H35N4PS/c1-24(2)18-21-23(22(19-24)26-14-8-4-9-15-26)29(30,27-16-10-5-11-17-27)28(25-21)20-12-6-3-7-13-20/h3,6-7,12-13,18,25H,4-5,8-11,14-17,19H2,1-2H3/t29-/m0/s1. The zero-order valence-corrected chi connectivity index (χ0v) is 20.2. The van der Waals surface area contributed by atoms with E-state index in [-0.39, 0.29) is 5.41 Å². The Kier molecular flexibility index (Phi) is 5.49. The van der Waals surface area contributed by atoms with Crippen molar-refractivity contribution in [2.75, 3.05) is 31.0 Å². The molecule has 0 saturated carbocycles. The molecule has 1 aromatic rings. The Morgan fingerprint density at radius 3 is 2.20 bits per heavy atom. The molecule has 4 aliphatic rings. The van der Waals surface area contributed by atoms with Gasteiger partial charge in [0.05, 0.1) is 16.7 Å². The molecule has 1 aliphatic carbocycles. The molecule has 0 amide bonds. The minimum atomic E-state index is -2.13. The number of nitrogens with one attached hydrogen (secondary N) is 1. The van der Waals surface area contributed by atoms with Gasteiger partial charge >= 0.3 is 0 Å². The van der Waals surface area contributed by atoms with Crippen LogP contribution in [0.5, 0.6) is 0 Å². The van der Waals surface area contributed by atoms with E-state index in [0.717, 1.165) is 19.5 Å². The van der Waals surface area contributed by atoms with Gasteiger partial charge in [0.2, 0.25) is 0 Å². The number of fused-ring (bicyclic) bond motifs is 1. The molecule has 0 bridgehead atoms. The molecule has 5 rings (SSSR count). The van der Waals surface area contributed by atoms with E-state index in [9.17, 15) is 0 Å². The number of likely N-dealkylation sites (tertiary alicyclic amines) is 1. The molecule has 0 unspecified atom stereocenters. The van der Waals surface area contributed by atoms with Crippen LogP contribution in [-0.4, -0.2) is 35.7 Å². The van der Waals surface area contributed by atoms with Crippen LogP contribution in [0, 0.1) is 5.41 Å². The van der Waals surface area contributed by atoms with Crippen molar-refractivity contribution in [1.29, 1.82) is 0 Å². The van der Waals surface area contributed by atoms with Gasteiger partial charge in [0.1, 0.15) is 0 Å². The van der Waals surface area contributed by atoms with Crippen molar-refractivity contribution in [1.82, 2.24) is 15.0 Å². The lowest BCUT2D eigenvalue weighted by atomic mass is 9.82. The van der Waals surface area contributed by atoms with Crippen molar-refractivity contribution < 1.29 is 0 Å². The van der Waals surface area contributed by atoms with E-state index in [1.165, 1.54) is 74.0 Å². The van der Waals surface area contributed by atoms with Crippen LogP contribution in [0.4, 0.5) is 5.69 Å². The third-order valence-corrected chi connectivity index (χ3v) is 11.8. The Balaban J connectivity index is 1.68. The Hall–Kier alpha value is -1.29. The monoisotopic (exact) mass is 442 g/mol. The highest BCUT2D eigenvalue weighted by atomic mass is 32.4. The number of benzene rings is 1. The van der Waals surface area contributed by atoms with Gasteiger partial charge in [0.25, 0.3) is 0 Å². The fourth-order valence-electron chi connectivity index (χ4n) is 5.50. The minimum absolute atomic E-state index is 0.146. The number of rotatable bonds is 3. The fourth-order valence-corrected chi connectivity index (χ4v) is 10.2. The molecule has 1 N–H and O–H groups in total. The number of para-hydroxylation sites is 1. The van der Waals surface area contributed by atoms with Gasteiger partial charge in [-0.15, -0.1) is 0 Å². The van der Waals surface area contributed by atoms with Crippen LogP contribution in [0.25, 0.3) is 0 Å². The minimum Gasteiger partial charge on any atom is -0.374 e. The molecule has 3 heterocycles.